The molecule has 3 rings (SSSR count). The molecule has 0 aliphatic heterocycles. The first-order valence-corrected chi connectivity index (χ1v) is 13.7. The average molecular weight is 527 g/mol. The molecule has 1 atom stereocenters. The predicted molar refractivity (Wildman–Crippen MR) is 146 cm³/mol. The molecule has 1 N–H and O–H groups in total. The van der Waals surface area contributed by atoms with Gasteiger partial charge in [0, 0.05) is 30.3 Å². The molecule has 2 amide bonds. The number of rotatable bonds is 13. The minimum Gasteiger partial charge on any atom is -0.354 e. The third-order valence-electron chi connectivity index (χ3n) is 5.81. The maximum Gasteiger partial charge on any atom is 0.243 e. The topological polar surface area (TPSA) is 49.4 Å². The van der Waals surface area contributed by atoms with Crippen molar-refractivity contribution in [3.8, 4) is 0 Å². The molecule has 0 aliphatic rings. The molecule has 0 radical (unpaired) electrons. The first-order valence-electron chi connectivity index (χ1n) is 12.1. The van der Waals surface area contributed by atoms with Crippen molar-refractivity contribution in [2.24, 2.45) is 0 Å². The SMILES string of the molecule is CCCCNC(=O)C(Cc1ccccc1)N(Cc1ccccc1Cl)C(=O)CSCc1ccc(F)cc1. The molecule has 190 valence electrons. The molecule has 0 bridgehead atoms. The van der Waals surface area contributed by atoms with Crippen LogP contribution in [0.25, 0.3) is 0 Å². The number of unbranched alkanes of at least 4 members (excludes halogenated alkanes) is 1. The van der Waals surface area contributed by atoms with Crippen LogP contribution < -0.4 is 5.32 Å². The first kappa shape index (κ1) is 27.8. The summed E-state index contributed by atoms with van der Waals surface area (Å²) >= 11 is 7.88. The second-order valence-corrected chi connectivity index (χ2v) is 9.98. The number of amides is 2. The molecular formula is C29H32ClFN2O2S. The summed E-state index contributed by atoms with van der Waals surface area (Å²) in [5, 5.41) is 3.57. The van der Waals surface area contributed by atoms with Crippen molar-refractivity contribution in [3.05, 3.63) is 106 Å². The summed E-state index contributed by atoms with van der Waals surface area (Å²) < 4.78 is 13.2. The Balaban J connectivity index is 1.83. The molecule has 7 heteroatoms. The van der Waals surface area contributed by atoms with Gasteiger partial charge in [0.1, 0.15) is 11.9 Å². The van der Waals surface area contributed by atoms with E-state index in [0.717, 1.165) is 29.5 Å². The van der Waals surface area contributed by atoms with Gasteiger partial charge in [-0.3, -0.25) is 9.59 Å². The number of carbonyl (C=O) groups excluding carboxylic acids is 2. The number of benzene rings is 3. The minimum absolute atomic E-state index is 0.145. The van der Waals surface area contributed by atoms with E-state index in [1.165, 1.54) is 23.9 Å². The maximum atomic E-state index is 13.6. The van der Waals surface area contributed by atoms with Crippen molar-refractivity contribution in [3.63, 3.8) is 0 Å². The quantitative estimate of drug-likeness (QED) is 0.267. The third kappa shape index (κ3) is 8.68. The van der Waals surface area contributed by atoms with Crippen LogP contribution in [0, 0.1) is 5.82 Å². The van der Waals surface area contributed by atoms with Crippen LogP contribution in [0.2, 0.25) is 5.02 Å². The molecule has 0 saturated carbocycles. The van der Waals surface area contributed by atoms with Crippen LogP contribution in [0.5, 0.6) is 0 Å². The summed E-state index contributed by atoms with van der Waals surface area (Å²) in [4.78, 5) is 28.6. The van der Waals surface area contributed by atoms with E-state index >= 15 is 0 Å². The highest BCUT2D eigenvalue weighted by molar-refractivity contribution is 7.99. The Morgan fingerprint density at radius 3 is 2.36 bits per heavy atom. The number of halogens is 2. The van der Waals surface area contributed by atoms with Crippen LogP contribution in [-0.4, -0.2) is 35.1 Å². The van der Waals surface area contributed by atoms with E-state index in [-0.39, 0.29) is 29.9 Å². The van der Waals surface area contributed by atoms with E-state index in [1.54, 1.807) is 23.1 Å². The van der Waals surface area contributed by atoms with Crippen LogP contribution in [-0.2, 0) is 28.3 Å². The van der Waals surface area contributed by atoms with Gasteiger partial charge in [0.2, 0.25) is 11.8 Å². The standard InChI is InChI=1S/C29H32ClFN2O2S/c1-2-3-17-32-29(35)27(18-22-9-5-4-6-10-22)33(19-24-11-7-8-12-26(24)30)28(34)21-36-20-23-13-15-25(31)16-14-23/h4-16,27H,2-3,17-21H2,1H3,(H,32,35). The molecule has 0 spiro atoms. The molecule has 4 nitrogen and oxygen atoms in total. The normalized spacial score (nSPS) is 11.6. The highest BCUT2D eigenvalue weighted by Gasteiger charge is 2.30. The lowest BCUT2D eigenvalue weighted by Gasteiger charge is -2.32. The first-order chi connectivity index (χ1) is 17.5. The number of hydrogen-bond donors (Lipinski definition) is 1. The smallest absolute Gasteiger partial charge is 0.243 e. The fraction of sp³-hybridized carbons (Fsp3) is 0.310. The van der Waals surface area contributed by atoms with Crippen LogP contribution in [0.15, 0.2) is 78.9 Å². The molecule has 1 unspecified atom stereocenters. The molecule has 36 heavy (non-hydrogen) atoms. The maximum absolute atomic E-state index is 13.6. The summed E-state index contributed by atoms with van der Waals surface area (Å²) in [6.07, 6.45) is 2.24. The Bertz CT molecular complexity index is 1110. The van der Waals surface area contributed by atoms with Gasteiger partial charge in [-0.05, 0) is 41.3 Å². The summed E-state index contributed by atoms with van der Waals surface area (Å²) in [5.74, 6) is 0.154. The van der Waals surface area contributed by atoms with Crippen molar-refractivity contribution in [2.45, 2.75) is 44.5 Å². The van der Waals surface area contributed by atoms with E-state index in [0.29, 0.717) is 23.7 Å². The second-order valence-electron chi connectivity index (χ2n) is 8.58. The molecule has 3 aromatic carbocycles. The fourth-order valence-corrected chi connectivity index (χ4v) is 4.86. The number of thioether (sulfide) groups is 1. The van der Waals surface area contributed by atoms with Crippen LogP contribution in [0.4, 0.5) is 4.39 Å². The monoisotopic (exact) mass is 526 g/mol. The second kappa shape index (κ2) is 14.7. The summed E-state index contributed by atoms with van der Waals surface area (Å²) in [6.45, 7) is 2.86. The zero-order valence-electron chi connectivity index (χ0n) is 20.5. The van der Waals surface area contributed by atoms with Crippen molar-refractivity contribution in [1.82, 2.24) is 10.2 Å². The molecule has 0 aromatic heterocycles. The third-order valence-corrected chi connectivity index (χ3v) is 7.16. The zero-order valence-corrected chi connectivity index (χ0v) is 22.0. The number of nitrogens with one attached hydrogen (secondary N) is 1. The Morgan fingerprint density at radius 1 is 0.972 bits per heavy atom. The fourth-order valence-electron chi connectivity index (χ4n) is 3.79. The van der Waals surface area contributed by atoms with E-state index in [1.807, 2.05) is 48.5 Å². The predicted octanol–water partition coefficient (Wildman–Crippen LogP) is 6.27. The van der Waals surface area contributed by atoms with Gasteiger partial charge < -0.3 is 10.2 Å². The largest absolute Gasteiger partial charge is 0.354 e. The Morgan fingerprint density at radius 2 is 1.67 bits per heavy atom. The van der Waals surface area contributed by atoms with E-state index < -0.39 is 6.04 Å². The summed E-state index contributed by atoms with van der Waals surface area (Å²) in [6, 6.07) is 22.7. The number of carbonyl (C=O) groups is 2. The van der Waals surface area contributed by atoms with Gasteiger partial charge in [-0.15, -0.1) is 11.8 Å². The van der Waals surface area contributed by atoms with Crippen LogP contribution in [0.3, 0.4) is 0 Å². The Hall–Kier alpha value is -2.83. The van der Waals surface area contributed by atoms with Crippen molar-refractivity contribution in [2.75, 3.05) is 12.3 Å². The Labute approximate surface area is 222 Å². The zero-order chi connectivity index (χ0) is 25.8. The van der Waals surface area contributed by atoms with E-state index in [9.17, 15) is 14.0 Å². The van der Waals surface area contributed by atoms with Crippen LogP contribution in [0.1, 0.15) is 36.5 Å². The molecule has 3 aromatic rings. The van der Waals surface area contributed by atoms with Gasteiger partial charge >= 0.3 is 0 Å². The number of hydrogen-bond acceptors (Lipinski definition) is 3. The number of nitrogens with zero attached hydrogens (tertiary/aromatic N) is 1. The average Bonchev–Trinajstić information content (AvgIpc) is 2.89. The summed E-state index contributed by atoms with van der Waals surface area (Å²) in [5.41, 5.74) is 2.70. The minimum atomic E-state index is -0.681. The highest BCUT2D eigenvalue weighted by atomic mass is 35.5. The van der Waals surface area contributed by atoms with Crippen molar-refractivity contribution >= 4 is 35.2 Å². The van der Waals surface area contributed by atoms with Gasteiger partial charge in [0.25, 0.3) is 0 Å². The molecule has 0 aliphatic carbocycles. The Kier molecular flexibility index (Phi) is 11.3. The lowest BCUT2D eigenvalue weighted by atomic mass is 10.0. The highest BCUT2D eigenvalue weighted by Crippen LogP contribution is 2.22. The van der Waals surface area contributed by atoms with Crippen molar-refractivity contribution < 1.29 is 14.0 Å². The van der Waals surface area contributed by atoms with Crippen LogP contribution >= 0.6 is 23.4 Å². The van der Waals surface area contributed by atoms with Gasteiger partial charge in [0.05, 0.1) is 5.75 Å². The van der Waals surface area contributed by atoms with E-state index in [4.69, 9.17) is 11.6 Å². The molecule has 0 saturated heterocycles. The van der Waals surface area contributed by atoms with Gasteiger partial charge in [-0.25, -0.2) is 4.39 Å². The van der Waals surface area contributed by atoms with Gasteiger partial charge in [0.15, 0.2) is 0 Å². The summed E-state index contributed by atoms with van der Waals surface area (Å²) in [7, 11) is 0. The molecule has 0 fully saturated rings. The lowest BCUT2D eigenvalue weighted by Crippen LogP contribution is -2.51. The molecule has 0 heterocycles. The lowest BCUT2D eigenvalue weighted by molar-refractivity contribution is -0.139. The van der Waals surface area contributed by atoms with Gasteiger partial charge in [-0.2, -0.15) is 0 Å². The molecular weight excluding hydrogens is 495 g/mol. The van der Waals surface area contributed by atoms with Gasteiger partial charge in [-0.1, -0.05) is 85.6 Å². The van der Waals surface area contributed by atoms with E-state index in [2.05, 4.69) is 12.2 Å². The van der Waals surface area contributed by atoms with Crippen molar-refractivity contribution in [1.29, 1.82) is 0 Å².